The summed E-state index contributed by atoms with van der Waals surface area (Å²) < 4.78 is 2.07. The number of hydrogen-bond acceptors (Lipinski definition) is 4. The van der Waals surface area contributed by atoms with Gasteiger partial charge in [0.1, 0.15) is 5.82 Å². The second kappa shape index (κ2) is 8.22. The Morgan fingerprint density at radius 3 is 2.59 bits per heavy atom. The SMILES string of the molecule is Cc1nc2ccccc2n1CCNC(=O)c1ccc2c(c1)C(=O)N(C1CCCCC1)C2=O. The van der Waals surface area contributed by atoms with Gasteiger partial charge < -0.3 is 9.88 Å². The number of hydrogen-bond donors (Lipinski definition) is 1. The average molecular weight is 431 g/mol. The topological polar surface area (TPSA) is 84.3 Å². The van der Waals surface area contributed by atoms with Crippen molar-refractivity contribution in [2.24, 2.45) is 0 Å². The lowest BCUT2D eigenvalue weighted by Gasteiger charge is -2.29. The highest BCUT2D eigenvalue weighted by molar-refractivity contribution is 6.22. The maximum Gasteiger partial charge on any atom is 0.261 e. The molecule has 2 aromatic carbocycles. The van der Waals surface area contributed by atoms with Crippen LogP contribution >= 0.6 is 0 Å². The van der Waals surface area contributed by atoms with Crippen LogP contribution in [0.3, 0.4) is 0 Å². The number of aromatic nitrogens is 2. The minimum atomic E-state index is -0.271. The van der Waals surface area contributed by atoms with Gasteiger partial charge in [-0.15, -0.1) is 0 Å². The Bertz CT molecular complexity index is 1220. The Morgan fingerprint density at radius 2 is 1.78 bits per heavy atom. The fraction of sp³-hybridized carbons (Fsp3) is 0.360. The van der Waals surface area contributed by atoms with Crippen LogP contribution in [0.1, 0.15) is 69.0 Å². The van der Waals surface area contributed by atoms with Gasteiger partial charge in [0, 0.05) is 24.7 Å². The van der Waals surface area contributed by atoms with Crippen LogP contribution < -0.4 is 5.32 Å². The standard InChI is InChI=1S/C25H26N4O3/c1-16-27-21-9-5-6-10-22(21)28(16)14-13-26-23(30)17-11-12-19-20(15-17)25(32)29(24(19)31)18-7-3-2-4-8-18/h5-6,9-12,15,18H,2-4,7-8,13-14H2,1H3,(H,26,30). The molecule has 2 heterocycles. The molecule has 0 unspecified atom stereocenters. The van der Waals surface area contributed by atoms with Crippen molar-refractivity contribution in [3.05, 3.63) is 65.0 Å². The molecule has 1 fully saturated rings. The van der Waals surface area contributed by atoms with Crippen molar-refractivity contribution in [1.29, 1.82) is 0 Å². The van der Waals surface area contributed by atoms with E-state index >= 15 is 0 Å². The lowest BCUT2D eigenvalue weighted by atomic mass is 9.94. The Kier molecular flexibility index (Phi) is 5.25. The van der Waals surface area contributed by atoms with E-state index in [1.807, 2.05) is 31.2 Å². The highest BCUT2D eigenvalue weighted by Gasteiger charge is 2.40. The smallest absolute Gasteiger partial charge is 0.261 e. The first-order valence-corrected chi connectivity index (χ1v) is 11.3. The number of benzene rings is 2. The quantitative estimate of drug-likeness (QED) is 0.626. The number of rotatable bonds is 5. The normalized spacial score (nSPS) is 16.6. The van der Waals surface area contributed by atoms with E-state index in [0.29, 0.717) is 29.8 Å². The van der Waals surface area contributed by atoms with Crippen LogP contribution in [0.15, 0.2) is 42.5 Å². The van der Waals surface area contributed by atoms with Crippen molar-refractivity contribution in [1.82, 2.24) is 19.8 Å². The summed E-state index contributed by atoms with van der Waals surface area (Å²) >= 11 is 0. The molecule has 1 saturated carbocycles. The Morgan fingerprint density at radius 1 is 1.03 bits per heavy atom. The van der Waals surface area contributed by atoms with Gasteiger partial charge in [0.25, 0.3) is 17.7 Å². The Hall–Kier alpha value is -3.48. The molecule has 0 radical (unpaired) electrons. The van der Waals surface area contributed by atoms with Gasteiger partial charge in [-0.1, -0.05) is 31.4 Å². The third-order valence-corrected chi connectivity index (χ3v) is 6.59. The number of carbonyl (C=O) groups excluding carboxylic acids is 3. The number of amides is 3. The zero-order valence-electron chi connectivity index (χ0n) is 18.1. The third kappa shape index (κ3) is 3.47. The summed E-state index contributed by atoms with van der Waals surface area (Å²) in [6, 6.07) is 12.7. The van der Waals surface area contributed by atoms with E-state index in [2.05, 4.69) is 14.9 Å². The summed E-state index contributed by atoms with van der Waals surface area (Å²) in [4.78, 5) is 44.5. The summed E-state index contributed by atoms with van der Waals surface area (Å²) in [6.45, 7) is 2.97. The maximum absolute atomic E-state index is 13.0. The number of nitrogens with zero attached hydrogens (tertiary/aromatic N) is 3. The van der Waals surface area contributed by atoms with E-state index in [1.54, 1.807) is 18.2 Å². The number of carbonyl (C=O) groups is 3. The first-order valence-electron chi connectivity index (χ1n) is 11.3. The summed E-state index contributed by atoms with van der Waals surface area (Å²) in [5.74, 6) is 0.134. The van der Waals surface area contributed by atoms with Crippen molar-refractivity contribution >= 4 is 28.8 Å². The number of nitrogens with one attached hydrogen (secondary N) is 1. The molecule has 1 aliphatic heterocycles. The summed E-state index contributed by atoms with van der Waals surface area (Å²) in [5.41, 5.74) is 3.09. The van der Waals surface area contributed by atoms with Crippen molar-refractivity contribution in [2.75, 3.05) is 6.54 Å². The molecule has 0 spiro atoms. The predicted molar refractivity (Wildman–Crippen MR) is 121 cm³/mol. The molecule has 1 aromatic heterocycles. The van der Waals surface area contributed by atoms with Crippen LogP contribution in [-0.2, 0) is 6.54 Å². The number of imide groups is 1. The van der Waals surface area contributed by atoms with Crippen LogP contribution in [0.25, 0.3) is 11.0 Å². The molecule has 1 aliphatic carbocycles. The van der Waals surface area contributed by atoms with Crippen LogP contribution in [0, 0.1) is 6.92 Å². The Labute approximate surface area is 186 Å². The molecule has 3 aromatic rings. The minimum absolute atomic E-state index is 0.0262. The molecular weight excluding hydrogens is 404 g/mol. The molecule has 32 heavy (non-hydrogen) atoms. The van der Waals surface area contributed by atoms with Crippen LogP contribution in [0.4, 0.5) is 0 Å². The van der Waals surface area contributed by atoms with Gasteiger partial charge in [0.2, 0.25) is 0 Å². The lowest BCUT2D eigenvalue weighted by Crippen LogP contribution is -2.40. The summed E-state index contributed by atoms with van der Waals surface area (Å²) in [6.07, 6.45) is 4.95. The molecular formula is C25H26N4O3. The predicted octanol–water partition coefficient (Wildman–Crippen LogP) is 3.70. The monoisotopic (exact) mass is 430 g/mol. The highest BCUT2D eigenvalue weighted by Crippen LogP contribution is 2.31. The van der Waals surface area contributed by atoms with Gasteiger partial charge in [-0.2, -0.15) is 0 Å². The molecule has 2 aliphatic rings. The van der Waals surface area contributed by atoms with Gasteiger partial charge in [-0.25, -0.2) is 4.98 Å². The van der Waals surface area contributed by atoms with Crippen LogP contribution in [0.5, 0.6) is 0 Å². The van der Waals surface area contributed by atoms with Gasteiger partial charge >= 0.3 is 0 Å². The second-order valence-corrected chi connectivity index (χ2v) is 8.59. The number of aryl methyl sites for hydroxylation is 1. The molecule has 0 atom stereocenters. The Balaban J connectivity index is 1.28. The molecule has 7 nitrogen and oxygen atoms in total. The first kappa shape index (κ1) is 20.4. The van der Waals surface area contributed by atoms with Crippen molar-refractivity contribution in [2.45, 2.75) is 51.6 Å². The van der Waals surface area contributed by atoms with Gasteiger partial charge in [0.05, 0.1) is 22.2 Å². The molecule has 1 N–H and O–H groups in total. The third-order valence-electron chi connectivity index (χ3n) is 6.59. The fourth-order valence-corrected chi connectivity index (χ4v) is 4.93. The molecule has 0 bridgehead atoms. The van der Waals surface area contributed by atoms with Crippen molar-refractivity contribution in [3.63, 3.8) is 0 Å². The van der Waals surface area contributed by atoms with E-state index < -0.39 is 0 Å². The molecule has 7 heteroatoms. The zero-order valence-corrected chi connectivity index (χ0v) is 18.1. The van der Waals surface area contributed by atoms with Crippen molar-refractivity contribution in [3.8, 4) is 0 Å². The fourth-order valence-electron chi connectivity index (χ4n) is 4.93. The summed E-state index contributed by atoms with van der Waals surface area (Å²) in [7, 11) is 0. The van der Waals surface area contributed by atoms with E-state index in [-0.39, 0.29) is 23.8 Å². The number of fused-ring (bicyclic) bond motifs is 2. The number of para-hydroxylation sites is 2. The lowest BCUT2D eigenvalue weighted by molar-refractivity contribution is 0.0548. The van der Waals surface area contributed by atoms with E-state index in [0.717, 1.165) is 49.0 Å². The molecule has 164 valence electrons. The first-order chi connectivity index (χ1) is 15.5. The molecule has 5 rings (SSSR count). The highest BCUT2D eigenvalue weighted by atomic mass is 16.2. The maximum atomic E-state index is 13.0. The van der Waals surface area contributed by atoms with E-state index in [9.17, 15) is 14.4 Å². The van der Waals surface area contributed by atoms with E-state index in [1.165, 1.54) is 4.90 Å². The van der Waals surface area contributed by atoms with E-state index in [4.69, 9.17) is 0 Å². The second-order valence-electron chi connectivity index (χ2n) is 8.59. The minimum Gasteiger partial charge on any atom is -0.350 e. The van der Waals surface area contributed by atoms with Gasteiger partial charge in [0.15, 0.2) is 0 Å². The van der Waals surface area contributed by atoms with Gasteiger partial charge in [-0.3, -0.25) is 19.3 Å². The number of imidazole rings is 1. The van der Waals surface area contributed by atoms with Gasteiger partial charge in [-0.05, 0) is 50.1 Å². The van der Waals surface area contributed by atoms with Crippen molar-refractivity contribution < 1.29 is 14.4 Å². The summed E-state index contributed by atoms with van der Waals surface area (Å²) in [5, 5.41) is 2.92. The zero-order chi connectivity index (χ0) is 22.2. The molecule has 0 saturated heterocycles. The largest absolute Gasteiger partial charge is 0.350 e. The van der Waals surface area contributed by atoms with Crippen LogP contribution in [0.2, 0.25) is 0 Å². The van der Waals surface area contributed by atoms with Crippen LogP contribution in [-0.4, -0.2) is 44.8 Å². The average Bonchev–Trinajstić information content (AvgIpc) is 3.27. The molecule has 3 amide bonds.